The molecule has 2 aliphatic heterocycles. The highest BCUT2D eigenvalue weighted by Gasteiger charge is 2.35. The first kappa shape index (κ1) is 21.4. The van der Waals surface area contributed by atoms with E-state index in [-0.39, 0.29) is 29.8 Å². The topological polar surface area (TPSA) is 49.8 Å². The Morgan fingerprint density at radius 3 is 2.42 bits per heavy atom. The van der Waals surface area contributed by atoms with Crippen molar-refractivity contribution < 1.29 is 23.4 Å². The van der Waals surface area contributed by atoms with Crippen LogP contribution < -0.4 is 9.64 Å². The molecule has 2 unspecified atom stereocenters. The van der Waals surface area contributed by atoms with Crippen LogP contribution in [-0.2, 0) is 4.79 Å². The lowest BCUT2D eigenvalue weighted by atomic mass is 9.75. The van der Waals surface area contributed by atoms with Gasteiger partial charge >= 0.3 is 0 Å². The summed E-state index contributed by atoms with van der Waals surface area (Å²) in [7, 11) is 0. The van der Waals surface area contributed by atoms with Gasteiger partial charge in [-0.3, -0.25) is 0 Å². The number of carbonyl (C=O) groups is 1. The molecule has 0 aliphatic carbocycles. The molecule has 6 heteroatoms. The molecule has 3 aromatic rings. The fraction of sp³-hybridized carbons (Fsp3) is 0.296. The van der Waals surface area contributed by atoms with E-state index in [4.69, 9.17) is 4.74 Å². The SMILES string of the molecule is O=CC1CCN(c2ccc(C3c4ccc(O)cc4OCC3c3cc(F)ccc3F)cc2)CC1. The average Bonchev–Trinajstić information content (AvgIpc) is 2.85. The van der Waals surface area contributed by atoms with Crippen molar-refractivity contribution in [2.45, 2.75) is 24.7 Å². The number of hydrogen-bond donors (Lipinski definition) is 1. The van der Waals surface area contributed by atoms with E-state index < -0.39 is 17.6 Å². The molecule has 1 saturated heterocycles. The standard InChI is InChI=1S/C27H25F2NO3/c28-19-3-8-25(29)23(13-19)24-16-33-26-14-21(32)6-7-22(26)27(24)18-1-4-20(5-2-18)30-11-9-17(15-31)10-12-30/h1-8,13-15,17,24,27,32H,9-12,16H2. The fourth-order valence-corrected chi connectivity index (χ4v) is 5.06. The van der Waals surface area contributed by atoms with Crippen molar-refractivity contribution in [3.63, 3.8) is 0 Å². The first-order chi connectivity index (χ1) is 16.0. The molecule has 33 heavy (non-hydrogen) atoms. The molecule has 2 atom stereocenters. The highest BCUT2D eigenvalue weighted by molar-refractivity contribution is 5.57. The van der Waals surface area contributed by atoms with Gasteiger partial charge in [0.25, 0.3) is 0 Å². The molecule has 3 aromatic carbocycles. The minimum atomic E-state index is -0.490. The third kappa shape index (κ3) is 4.17. The Bertz CT molecular complexity index is 1160. The van der Waals surface area contributed by atoms with Gasteiger partial charge in [0, 0.05) is 48.2 Å². The van der Waals surface area contributed by atoms with Crippen LogP contribution in [0.1, 0.15) is 41.4 Å². The van der Waals surface area contributed by atoms with Crippen LogP contribution in [0.5, 0.6) is 11.5 Å². The number of rotatable bonds is 4. The van der Waals surface area contributed by atoms with Crippen LogP contribution in [0.3, 0.4) is 0 Å². The Morgan fingerprint density at radius 1 is 0.939 bits per heavy atom. The van der Waals surface area contributed by atoms with Crippen LogP contribution in [0.4, 0.5) is 14.5 Å². The van der Waals surface area contributed by atoms with E-state index in [1.807, 2.05) is 24.3 Å². The molecular weight excluding hydrogens is 424 g/mol. The number of phenols is 1. The van der Waals surface area contributed by atoms with Crippen molar-refractivity contribution in [3.8, 4) is 11.5 Å². The van der Waals surface area contributed by atoms with Crippen molar-refractivity contribution in [2.24, 2.45) is 5.92 Å². The minimum Gasteiger partial charge on any atom is -0.508 e. The van der Waals surface area contributed by atoms with E-state index in [1.54, 1.807) is 18.2 Å². The van der Waals surface area contributed by atoms with Crippen molar-refractivity contribution in [1.29, 1.82) is 0 Å². The van der Waals surface area contributed by atoms with Gasteiger partial charge in [-0.25, -0.2) is 8.78 Å². The van der Waals surface area contributed by atoms with E-state index in [9.17, 15) is 18.7 Å². The second-order valence-electron chi connectivity index (χ2n) is 8.84. The summed E-state index contributed by atoms with van der Waals surface area (Å²) < 4.78 is 34.7. The molecular formula is C27H25F2NO3. The normalized spacial score (nSPS) is 20.7. The third-order valence-corrected chi connectivity index (χ3v) is 6.86. The smallest absolute Gasteiger partial charge is 0.127 e. The van der Waals surface area contributed by atoms with Gasteiger partial charge in [0.05, 0.1) is 6.61 Å². The quantitative estimate of drug-likeness (QED) is 0.543. The number of benzene rings is 3. The third-order valence-electron chi connectivity index (χ3n) is 6.86. The summed E-state index contributed by atoms with van der Waals surface area (Å²) in [4.78, 5) is 13.3. The minimum absolute atomic E-state index is 0.0944. The molecule has 2 heterocycles. The van der Waals surface area contributed by atoms with Gasteiger partial charge in [-0.1, -0.05) is 18.2 Å². The molecule has 2 aliphatic rings. The van der Waals surface area contributed by atoms with Gasteiger partial charge in [0.15, 0.2) is 0 Å². The molecule has 1 N–H and O–H groups in total. The first-order valence-electron chi connectivity index (χ1n) is 11.2. The van der Waals surface area contributed by atoms with E-state index in [0.29, 0.717) is 5.75 Å². The molecule has 0 amide bonds. The van der Waals surface area contributed by atoms with E-state index in [2.05, 4.69) is 4.90 Å². The maximum Gasteiger partial charge on any atom is 0.127 e. The fourth-order valence-electron chi connectivity index (χ4n) is 5.06. The highest BCUT2D eigenvalue weighted by Crippen LogP contribution is 2.47. The zero-order chi connectivity index (χ0) is 22.9. The number of aldehydes is 1. The molecule has 0 spiro atoms. The van der Waals surface area contributed by atoms with Crippen LogP contribution in [0, 0.1) is 17.6 Å². The number of nitrogens with zero attached hydrogens (tertiary/aromatic N) is 1. The van der Waals surface area contributed by atoms with Gasteiger partial charge < -0.3 is 19.5 Å². The van der Waals surface area contributed by atoms with Crippen molar-refractivity contribution in [1.82, 2.24) is 0 Å². The van der Waals surface area contributed by atoms with E-state index >= 15 is 0 Å². The number of aromatic hydroxyl groups is 1. The lowest BCUT2D eigenvalue weighted by molar-refractivity contribution is -0.111. The monoisotopic (exact) mass is 449 g/mol. The van der Waals surface area contributed by atoms with Crippen LogP contribution in [-0.4, -0.2) is 31.1 Å². The Labute approximate surface area is 191 Å². The maximum absolute atomic E-state index is 14.8. The van der Waals surface area contributed by atoms with Crippen molar-refractivity contribution in [2.75, 3.05) is 24.6 Å². The lowest BCUT2D eigenvalue weighted by Gasteiger charge is -2.35. The largest absolute Gasteiger partial charge is 0.508 e. The van der Waals surface area contributed by atoms with Crippen LogP contribution in [0.25, 0.3) is 0 Å². The van der Waals surface area contributed by atoms with Gasteiger partial charge in [0.1, 0.15) is 29.4 Å². The lowest BCUT2D eigenvalue weighted by Crippen LogP contribution is -2.34. The Morgan fingerprint density at radius 2 is 1.70 bits per heavy atom. The van der Waals surface area contributed by atoms with E-state index in [1.165, 1.54) is 6.07 Å². The van der Waals surface area contributed by atoms with Gasteiger partial charge in [-0.15, -0.1) is 0 Å². The maximum atomic E-state index is 14.8. The van der Waals surface area contributed by atoms with Crippen molar-refractivity contribution >= 4 is 12.0 Å². The molecule has 0 saturated carbocycles. The van der Waals surface area contributed by atoms with Crippen molar-refractivity contribution in [3.05, 3.63) is 89.0 Å². The molecule has 4 nitrogen and oxygen atoms in total. The highest BCUT2D eigenvalue weighted by atomic mass is 19.1. The summed E-state index contributed by atoms with van der Waals surface area (Å²) in [5.74, 6) is -0.863. The van der Waals surface area contributed by atoms with Gasteiger partial charge in [0.2, 0.25) is 0 Å². The number of phenolic OH excluding ortho intramolecular Hbond substituents is 1. The summed E-state index contributed by atoms with van der Waals surface area (Å²) in [5.41, 5.74) is 3.14. The number of anilines is 1. The molecule has 0 bridgehead atoms. The molecule has 1 fully saturated rings. The molecule has 5 rings (SSSR count). The average molecular weight is 449 g/mol. The molecule has 0 radical (unpaired) electrons. The summed E-state index contributed by atoms with van der Waals surface area (Å²) in [5, 5.41) is 9.91. The van der Waals surface area contributed by atoms with Crippen LogP contribution in [0.2, 0.25) is 0 Å². The zero-order valence-electron chi connectivity index (χ0n) is 18.1. The number of piperidine rings is 1. The number of halogens is 2. The summed E-state index contributed by atoms with van der Waals surface area (Å²) in [6.07, 6.45) is 2.75. The van der Waals surface area contributed by atoms with Gasteiger partial charge in [-0.05, 0) is 60.4 Å². The predicted molar refractivity (Wildman–Crippen MR) is 122 cm³/mol. The first-order valence-corrected chi connectivity index (χ1v) is 11.2. The Kier molecular flexibility index (Phi) is 5.75. The second kappa shape index (κ2) is 8.85. The Balaban J connectivity index is 1.51. The Hall–Kier alpha value is -3.41. The number of ether oxygens (including phenoxy) is 1. The summed E-state index contributed by atoms with van der Waals surface area (Å²) in [6.45, 7) is 1.83. The second-order valence-corrected chi connectivity index (χ2v) is 8.84. The number of carbonyl (C=O) groups excluding carboxylic acids is 1. The van der Waals surface area contributed by atoms with E-state index in [0.717, 1.165) is 61.2 Å². The molecule has 0 aromatic heterocycles. The summed E-state index contributed by atoms with van der Waals surface area (Å²) >= 11 is 0. The van der Waals surface area contributed by atoms with Gasteiger partial charge in [-0.2, -0.15) is 0 Å². The van der Waals surface area contributed by atoms with Crippen LogP contribution >= 0.6 is 0 Å². The predicted octanol–water partition coefficient (Wildman–Crippen LogP) is 5.39. The number of hydrogen-bond acceptors (Lipinski definition) is 4. The molecule has 170 valence electrons. The van der Waals surface area contributed by atoms with Crippen LogP contribution in [0.15, 0.2) is 60.7 Å². The summed E-state index contributed by atoms with van der Waals surface area (Å²) in [6, 6.07) is 16.6. The zero-order valence-corrected chi connectivity index (χ0v) is 18.1. The number of fused-ring (bicyclic) bond motifs is 1.